The van der Waals surface area contributed by atoms with Gasteiger partial charge in [0.25, 0.3) is 6.43 Å². The smallest absolute Gasteiger partial charge is 0.322 e. The summed E-state index contributed by atoms with van der Waals surface area (Å²) < 4.78 is 59.9. The van der Waals surface area contributed by atoms with Crippen molar-refractivity contribution in [3.63, 3.8) is 0 Å². The maximum absolute atomic E-state index is 13.9. The van der Waals surface area contributed by atoms with Gasteiger partial charge in [0.05, 0.1) is 18.7 Å². The Labute approximate surface area is 161 Å². The van der Waals surface area contributed by atoms with Gasteiger partial charge in [-0.1, -0.05) is 44.2 Å². The van der Waals surface area contributed by atoms with Crippen molar-refractivity contribution in [1.29, 1.82) is 0 Å². The van der Waals surface area contributed by atoms with Crippen molar-refractivity contribution in [1.82, 2.24) is 5.32 Å². The summed E-state index contributed by atoms with van der Waals surface area (Å²) in [5.41, 5.74) is 0.218. The predicted octanol–water partition coefficient (Wildman–Crippen LogP) is 5.12. The minimum atomic E-state index is -2.80. The maximum Gasteiger partial charge on any atom is 0.322 e. The van der Waals surface area contributed by atoms with E-state index in [1.165, 1.54) is 37.4 Å². The first kappa shape index (κ1) is 21.9. The van der Waals surface area contributed by atoms with Crippen LogP contribution in [0.25, 0.3) is 11.1 Å². The van der Waals surface area contributed by atoms with Gasteiger partial charge in [0.2, 0.25) is 0 Å². The van der Waals surface area contributed by atoms with Gasteiger partial charge in [-0.25, -0.2) is 17.6 Å². The Bertz CT molecular complexity index is 773. The molecular weight excluding hydrogens is 374 g/mol. The van der Waals surface area contributed by atoms with Crippen molar-refractivity contribution in [3.8, 4) is 11.1 Å². The molecule has 2 aromatic rings. The van der Waals surface area contributed by atoms with Gasteiger partial charge in [-0.3, -0.25) is 10.1 Å². The molecule has 0 aliphatic carbocycles. The van der Waals surface area contributed by atoms with E-state index in [0.717, 1.165) is 12.1 Å². The largest absolute Gasteiger partial charge is 0.468 e. The summed E-state index contributed by atoms with van der Waals surface area (Å²) in [7, 11) is 1.20. The Balaban J connectivity index is 2.30. The number of benzene rings is 2. The Hall–Kier alpha value is -2.41. The van der Waals surface area contributed by atoms with Crippen molar-refractivity contribution in [2.45, 2.75) is 38.8 Å². The lowest BCUT2D eigenvalue weighted by atomic mass is 9.98. The second-order valence-corrected chi connectivity index (χ2v) is 6.90. The van der Waals surface area contributed by atoms with Crippen LogP contribution in [0.1, 0.15) is 31.9 Å². The van der Waals surface area contributed by atoms with Crippen molar-refractivity contribution >= 4 is 5.97 Å². The van der Waals surface area contributed by atoms with Gasteiger partial charge in [0, 0.05) is 0 Å². The van der Waals surface area contributed by atoms with Gasteiger partial charge >= 0.3 is 5.97 Å². The zero-order chi connectivity index (χ0) is 20.8. The lowest BCUT2D eigenvalue weighted by Gasteiger charge is -2.25. The molecule has 0 aliphatic rings. The molecule has 0 fully saturated rings. The number of esters is 1. The Kier molecular flexibility index (Phi) is 7.57. The first-order valence-corrected chi connectivity index (χ1v) is 8.91. The highest BCUT2D eigenvalue weighted by atomic mass is 19.3. The Morgan fingerprint density at radius 2 is 1.61 bits per heavy atom. The van der Waals surface area contributed by atoms with Crippen LogP contribution in [0.5, 0.6) is 0 Å². The van der Waals surface area contributed by atoms with Crippen molar-refractivity contribution in [2.24, 2.45) is 5.92 Å². The van der Waals surface area contributed by atoms with Crippen LogP contribution in [0.15, 0.2) is 42.5 Å². The fourth-order valence-electron chi connectivity index (χ4n) is 3.01. The molecule has 0 aromatic heterocycles. The van der Waals surface area contributed by atoms with Crippen LogP contribution in [0.3, 0.4) is 0 Å². The van der Waals surface area contributed by atoms with Gasteiger partial charge < -0.3 is 4.74 Å². The van der Waals surface area contributed by atoms with E-state index < -0.39 is 36.1 Å². The summed E-state index contributed by atoms with van der Waals surface area (Å²) in [5.74, 6) is -2.01. The molecule has 0 unspecified atom stereocenters. The quantitative estimate of drug-likeness (QED) is 0.497. The van der Waals surface area contributed by atoms with Crippen LogP contribution in [-0.4, -0.2) is 25.5 Å². The molecule has 3 nitrogen and oxygen atoms in total. The van der Waals surface area contributed by atoms with E-state index in [1.807, 2.05) is 13.8 Å². The normalized spacial score (nSPS) is 13.6. The van der Waals surface area contributed by atoms with Gasteiger partial charge in [0.1, 0.15) is 17.7 Å². The minimum Gasteiger partial charge on any atom is -0.468 e. The molecule has 1 N–H and O–H groups in total. The summed E-state index contributed by atoms with van der Waals surface area (Å²) in [5, 5.41) is 2.66. The van der Waals surface area contributed by atoms with Crippen molar-refractivity contribution < 1.29 is 27.1 Å². The van der Waals surface area contributed by atoms with E-state index >= 15 is 0 Å². The molecule has 0 amide bonds. The topological polar surface area (TPSA) is 38.3 Å². The van der Waals surface area contributed by atoms with Crippen LogP contribution >= 0.6 is 0 Å². The summed E-state index contributed by atoms with van der Waals surface area (Å²) in [6.45, 7) is 3.74. The number of carbonyl (C=O) groups is 1. The standard InChI is InChI=1S/C21H23F4NO2/c1-12(2)11-17(21(27)28-3)26-19(20(24)25)14-9-7-13(8-10-14)18-15(22)5-4-6-16(18)23/h4-10,12,17,19-20,26H,11H2,1-3H3/t17-,19+/m1/s1. The average molecular weight is 397 g/mol. The molecule has 7 heteroatoms. The Morgan fingerprint density at radius 3 is 2.07 bits per heavy atom. The molecule has 2 aromatic carbocycles. The highest BCUT2D eigenvalue weighted by molar-refractivity contribution is 5.75. The van der Waals surface area contributed by atoms with E-state index in [0.29, 0.717) is 6.42 Å². The Morgan fingerprint density at radius 1 is 1.04 bits per heavy atom. The van der Waals surface area contributed by atoms with Crippen LogP contribution in [0, 0.1) is 17.6 Å². The lowest BCUT2D eigenvalue weighted by Crippen LogP contribution is -2.43. The second kappa shape index (κ2) is 9.68. The number of carbonyl (C=O) groups excluding carboxylic acids is 1. The number of hydrogen-bond donors (Lipinski definition) is 1. The van der Waals surface area contributed by atoms with Crippen LogP contribution in [0.4, 0.5) is 17.6 Å². The first-order valence-electron chi connectivity index (χ1n) is 8.91. The highest BCUT2D eigenvalue weighted by Gasteiger charge is 2.30. The average Bonchev–Trinajstić information content (AvgIpc) is 2.64. The molecule has 0 saturated heterocycles. The lowest BCUT2D eigenvalue weighted by molar-refractivity contribution is -0.144. The first-order chi connectivity index (χ1) is 13.2. The minimum absolute atomic E-state index is 0.0846. The molecule has 28 heavy (non-hydrogen) atoms. The predicted molar refractivity (Wildman–Crippen MR) is 98.9 cm³/mol. The van der Waals surface area contributed by atoms with Crippen molar-refractivity contribution in [2.75, 3.05) is 7.11 Å². The van der Waals surface area contributed by atoms with Crippen LogP contribution < -0.4 is 5.32 Å². The third-order valence-electron chi connectivity index (χ3n) is 4.35. The fraction of sp³-hybridized carbons (Fsp3) is 0.381. The van der Waals surface area contributed by atoms with E-state index in [4.69, 9.17) is 4.74 Å². The van der Waals surface area contributed by atoms with E-state index in [2.05, 4.69) is 5.32 Å². The molecule has 0 radical (unpaired) electrons. The zero-order valence-electron chi connectivity index (χ0n) is 15.9. The monoisotopic (exact) mass is 397 g/mol. The maximum atomic E-state index is 13.9. The van der Waals surface area contributed by atoms with E-state index in [1.54, 1.807) is 0 Å². The third kappa shape index (κ3) is 5.32. The number of nitrogens with one attached hydrogen (secondary N) is 1. The van der Waals surface area contributed by atoms with Crippen LogP contribution in [-0.2, 0) is 9.53 Å². The molecule has 2 rings (SSSR count). The number of rotatable bonds is 8. The molecule has 0 bridgehead atoms. The summed E-state index contributed by atoms with van der Waals surface area (Å²) in [6.07, 6.45) is -2.47. The SMILES string of the molecule is COC(=O)[C@@H](CC(C)C)N[C@@H](c1ccc(-c2c(F)cccc2F)cc1)C(F)F. The number of methoxy groups -OCH3 is 1. The molecule has 152 valence electrons. The number of halogens is 4. The van der Waals surface area contributed by atoms with E-state index in [9.17, 15) is 22.4 Å². The van der Waals surface area contributed by atoms with Gasteiger partial charge in [-0.05, 0) is 35.6 Å². The molecule has 0 aliphatic heterocycles. The fourth-order valence-corrected chi connectivity index (χ4v) is 3.01. The van der Waals surface area contributed by atoms with Gasteiger partial charge in [-0.15, -0.1) is 0 Å². The zero-order valence-corrected chi connectivity index (χ0v) is 15.9. The molecule has 0 spiro atoms. The molecular formula is C21H23F4NO2. The number of hydrogen-bond acceptors (Lipinski definition) is 3. The molecule has 2 atom stereocenters. The van der Waals surface area contributed by atoms with Gasteiger partial charge in [-0.2, -0.15) is 0 Å². The molecule has 0 saturated carbocycles. The third-order valence-corrected chi connectivity index (χ3v) is 4.35. The second-order valence-electron chi connectivity index (χ2n) is 6.90. The van der Waals surface area contributed by atoms with Crippen LogP contribution in [0.2, 0.25) is 0 Å². The van der Waals surface area contributed by atoms with Gasteiger partial charge in [0.15, 0.2) is 0 Å². The van der Waals surface area contributed by atoms with E-state index in [-0.39, 0.29) is 22.6 Å². The van der Waals surface area contributed by atoms with Crippen molar-refractivity contribution in [3.05, 3.63) is 59.7 Å². The summed E-state index contributed by atoms with van der Waals surface area (Å²) in [6, 6.07) is 6.68. The summed E-state index contributed by atoms with van der Waals surface area (Å²) in [4.78, 5) is 11.9. The highest BCUT2D eigenvalue weighted by Crippen LogP contribution is 2.29. The number of alkyl halides is 2. The number of ether oxygens (including phenoxy) is 1. The molecule has 0 heterocycles. The summed E-state index contributed by atoms with van der Waals surface area (Å²) >= 11 is 0.